The van der Waals surface area contributed by atoms with Gasteiger partial charge in [-0.15, -0.1) is 0 Å². The van der Waals surface area contributed by atoms with Crippen molar-refractivity contribution in [2.45, 2.75) is 74.7 Å². The van der Waals surface area contributed by atoms with E-state index in [1.165, 1.54) is 0 Å². The second-order valence-electron chi connectivity index (χ2n) is 8.11. The average molecular weight is 315 g/mol. The third kappa shape index (κ3) is 5.91. The van der Waals surface area contributed by atoms with Crippen molar-refractivity contribution in [3.05, 3.63) is 0 Å². The average Bonchev–Trinajstić information content (AvgIpc) is 2.48. The van der Waals surface area contributed by atoms with Crippen molar-refractivity contribution < 1.29 is 14.6 Å². The molecule has 0 aromatic heterocycles. The van der Waals surface area contributed by atoms with E-state index in [1.807, 2.05) is 6.92 Å². The van der Waals surface area contributed by atoms with Crippen molar-refractivity contribution in [3.63, 3.8) is 0 Å². The Hall–Kier alpha value is -0.570. The maximum atomic E-state index is 12.1. The standard InChI is InChI=1S/C19H38O3/c1-9-18(5,6)15(4)16(19(7,8)10-2)13-14(3)17(21)22-12-11-20/h14-16,20H,9-13H2,1-8H3. The lowest BCUT2D eigenvalue weighted by molar-refractivity contribution is -0.150. The van der Waals surface area contributed by atoms with E-state index in [0.29, 0.717) is 11.8 Å². The Labute approximate surface area is 137 Å². The highest BCUT2D eigenvalue weighted by atomic mass is 16.5. The number of hydrogen-bond donors (Lipinski definition) is 1. The zero-order valence-corrected chi connectivity index (χ0v) is 16.0. The fourth-order valence-electron chi connectivity index (χ4n) is 3.09. The van der Waals surface area contributed by atoms with E-state index in [-0.39, 0.29) is 35.9 Å². The van der Waals surface area contributed by atoms with E-state index >= 15 is 0 Å². The van der Waals surface area contributed by atoms with Crippen LogP contribution in [0, 0.1) is 28.6 Å². The van der Waals surface area contributed by atoms with Gasteiger partial charge in [-0.1, -0.05) is 68.2 Å². The van der Waals surface area contributed by atoms with Crippen molar-refractivity contribution in [3.8, 4) is 0 Å². The minimum atomic E-state index is -0.188. The number of carbonyl (C=O) groups excluding carboxylic acids is 1. The summed E-state index contributed by atoms with van der Waals surface area (Å²) in [5, 5.41) is 8.80. The predicted molar refractivity (Wildman–Crippen MR) is 92.6 cm³/mol. The normalized spacial score (nSPS) is 17.0. The van der Waals surface area contributed by atoms with Gasteiger partial charge in [-0.25, -0.2) is 0 Å². The SMILES string of the molecule is CCC(C)(C)C(C)C(CC(C)C(=O)OCCO)C(C)(C)CC. The van der Waals surface area contributed by atoms with E-state index in [2.05, 4.69) is 48.5 Å². The predicted octanol–water partition coefficient (Wildman–Crippen LogP) is 4.67. The minimum absolute atomic E-state index is 0.0982. The van der Waals surface area contributed by atoms with Crippen LogP contribution in [0.25, 0.3) is 0 Å². The molecular formula is C19H38O3. The summed E-state index contributed by atoms with van der Waals surface area (Å²) in [7, 11) is 0. The molecule has 0 aliphatic rings. The molecule has 0 aromatic rings. The van der Waals surface area contributed by atoms with Crippen LogP contribution in [0.15, 0.2) is 0 Å². The van der Waals surface area contributed by atoms with Gasteiger partial charge < -0.3 is 9.84 Å². The number of aliphatic hydroxyl groups is 1. The molecule has 0 heterocycles. The molecule has 0 radical (unpaired) electrons. The Kier molecular flexibility index (Phi) is 8.67. The number of hydrogen-bond acceptors (Lipinski definition) is 3. The molecule has 1 N–H and O–H groups in total. The third-order valence-corrected chi connectivity index (χ3v) is 6.01. The number of carbonyl (C=O) groups is 1. The van der Waals surface area contributed by atoms with Crippen molar-refractivity contribution >= 4 is 5.97 Å². The molecule has 0 spiro atoms. The molecule has 3 atom stereocenters. The van der Waals surface area contributed by atoms with E-state index in [0.717, 1.165) is 19.3 Å². The van der Waals surface area contributed by atoms with Crippen LogP contribution in [0.4, 0.5) is 0 Å². The molecule has 22 heavy (non-hydrogen) atoms. The molecule has 3 nitrogen and oxygen atoms in total. The second-order valence-corrected chi connectivity index (χ2v) is 8.11. The molecule has 3 heteroatoms. The summed E-state index contributed by atoms with van der Waals surface area (Å²) in [4.78, 5) is 12.1. The van der Waals surface area contributed by atoms with Gasteiger partial charge in [-0.2, -0.15) is 0 Å². The minimum Gasteiger partial charge on any atom is -0.463 e. The van der Waals surface area contributed by atoms with E-state index < -0.39 is 0 Å². The van der Waals surface area contributed by atoms with Crippen molar-refractivity contribution in [1.82, 2.24) is 0 Å². The van der Waals surface area contributed by atoms with Gasteiger partial charge in [-0.05, 0) is 29.1 Å². The Morgan fingerprint density at radius 1 is 1.05 bits per heavy atom. The molecule has 3 unspecified atom stereocenters. The second kappa shape index (κ2) is 8.90. The van der Waals surface area contributed by atoms with Crippen molar-refractivity contribution in [2.24, 2.45) is 28.6 Å². The van der Waals surface area contributed by atoms with Crippen LogP contribution in [0.3, 0.4) is 0 Å². The van der Waals surface area contributed by atoms with Gasteiger partial charge in [0.25, 0.3) is 0 Å². The number of esters is 1. The smallest absolute Gasteiger partial charge is 0.308 e. The highest BCUT2D eigenvalue weighted by molar-refractivity contribution is 5.71. The molecule has 0 saturated heterocycles. The summed E-state index contributed by atoms with van der Waals surface area (Å²) in [5.41, 5.74) is 0.448. The fraction of sp³-hybridized carbons (Fsp3) is 0.947. The van der Waals surface area contributed by atoms with Crippen LogP contribution in [-0.2, 0) is 9.53 Å². The maximum Gasteiger partial charge on any atom is 0.308 e. The lowest BCUT2D eigenvalue weighted by atomic mass is 9.60. The molecule has 0 aliphatic carbocycles. The maximum absolute atomic E-state index is 12.1. The van der Waals surface area contributed by atoms with Crippen LogP contribution in [0.2, 0.25) is 0 Å². The highest BCUT2D eigenvalue weighted by Crippen LogP contribution is 2.47. The number of aliphatic hydroxyl groups excluding tert-OH is 1. The molecule has 132 valence electrons. The molecule has 0 aromatic carbocycles. The van der Waals surface area contributed by atoms with E-state index in [4.69, 9.17) is 9.84 Å². The summed E-state index contributed by atoms with van der Waals surface area (Å²) >= 11 is 0. The van der Waals surface area contributed by atoms with Gasteiger partial charge in [0.05, 0.1) is 12.5 Å². The van der Waals surface area contributed by atoms with Gasteiger partial charge in [0.2, 0.25) is 0 Å². The van der Waals surface area contributed by atoms with Crippen molar-refractivity contribution in [1.29, 1.82) is 0 Å². The van der Waals surface area contributed by atoms with Gasteiger partial charge >= 0.3 is 5.97 Å². The Morgan fingerprint density at radius 2 is 1.55 bits per heavy atom. The summed E-state index contributed by atoms with van der Waals surface area (Å²) in [5.74, 6) is 0.676. The zero-order chi connectivity index (χ0) is 17.6. The molecule has 0 fully saturated rings. The van der Waals surface area contributed by atoms with Crippen LogP contribution < -0.4 is 0 Å². The lowest BCUT2D eigenvalue weighted by Crippen LogP contribution is -2.38. The summed E-state index contributed by atoms with van der Waals surface area (Å²) < 4.78 is 5.10. The zero-order valence-electron chi connectivity index (χ0n) is 16.0. The monoisotopic (exact) mass is 314 g/mol. The molecular weight excluding hydrogens is 276 g/mol. The Balaban J connectivity index is 5.16. The quantitative estimate of drug-likeness (QED) is 0.596. The van der Waals surface area contributed by atoms with Crippen molar-refractivity contribution in [2.75, 3.05) is 13.2 Å². The summed E-state index contributed by atoms with van der Waals surface area (Å²) in [6, 6.07) is 0. The fourth-order valence-corrected chi connectivity index (χ4v) is 3.09. The molecule has 0 amide bonds. The first-order valence-electron chi connectivity index (χ1n) is 8.81. The molecule has 0 rings (SSSR count). The summed E-state index contributed by atoms with van der Waals surface area (Å²) in [6.45, 7) is 18.0. The lowest BCUT2D eigenvalue weighted by Gasteiger charge is -2.45. The summed E-state index contributed by atoms with van der Waals surface area (Å²) in [6.07, 6.45) is 3.07. The molecule has 0 aliphatic heterocycles. The Morgan fingerprint density at radius 3 is 1.95 bits per heavy atom. The largest absolute Gasteiger partial charge is 0.463 e. The highest BCUT2D eigenvalue weighted by Gasteiger charge is 2.40. The van der Waals surface area contributed by atoms with Gasteiger partial charge in [-0.3, -0.25) is 4.79 Å². The first-order valence-corrected chi connectivity index (χ1v) is 8.81. The number of rotatable bonds is 10. The topological polar surface area (TPSA) is 46.5 Å². The molecule has 0 saturated carbocycles. The van der Waals surface area contributed by atoms with Gasteiger partial charge in [0, 0.05) is 0 Å². The van der Waals surface area contributed by atoms with Crippen LogP contribution in [-0.4, -0.2) is 24.3 Å². The third-order valence-electron chi connectivity index (χ3n) is 6.01. The van der Waals surface area contributed by atoms with Gasteiger partial charge in [0.1, 0.15) is 6.61 Å². The van der Waals surface area contributed by atoms with Crippen LogP contribution in [0.1, 0.15) is 74.7 Å². The van der Waals surface area contributed by atoms with Gasteiger partial charge in [0.15, 0.2) is 0 Å². The first-order chi connectivity index (χ1) is 10.0. The molecule has 0 bridgehead atoms. The van der Waals surface area contributed by atoms with E-state index in [9.17, 15) is 4.79 Å². The van der Waals surface area contributed by atoms with Crippen LogP contribution in [0.5, 0.6) is 0 Å². The number of ether oxygens (including phenoxy) is 1. The van der Waals surface area contributed by atoms with E-state index in [1.54, 1.807) is 0 Å². The van der Waals surface area contributed by atoms with Crippen LogP contribution >= 0.6 is 0 Å². The Bertz CT molecular complexity index is 334. The first kappa shape index (κ1) is 21.4.